The predicted octanol–water partition coefficient (Wildman–Crippen LogP) is 4.09. The molecule has 2 aliphatic carbocycles. The van der Waals surface area contributed by atoms with Gasteiger partial charge in [0.25, 0.3) is 0 Å². The molecule has 72 valence electrons. The van der Waals surface area contributed by atoms with Crippen molar-refractivity contribution in [2.24, 2.45) is 11.8 Å². The Labute approximate surface area is 81.7 Å². The second-order valence-corrected chi connectivity index (χ2v) is 4.75. The molecule has 2 atom stereocenters. The normalized spacial score (nSPS) is 33.5. The van der Waals surface area contributed by atoms with Gasteiger partial charge in [0, 0.05) is 0 Å². The molecule has 0 amide bonds. The van der Waals surface area contributed by atoms with Crippen LogP contribution in [0.15, 0.2) is 23.8 Å². The minimum Gasteiger partial charge on any atom is -0.0840 e. The van der Waals surface area contributed by atoms with Gasteiger partial charge >= 0.3 is 0 Å². The minimum atomic E-state index is 0.984. The smallest absolute Gasteiger partial charge is 0.0254 e. The molecule has 0 N–H and O–H groups in total. The molecule has 1 fully saturated rings. The van der Waals surface area contributed by atoms with Crippen LogP contribution in [0.5, 0.6) is 0 Å². The monoisotopic (exact) mass is 176 g/mol. The van der Waals surface area contributed by atoms with Crippen molar-refractivity contribution in [3.63, 3.8) is 0 Å². The molecule has 0 aromatic carbocycles. The van der Waals surface area contributed by atoms with Crippen LogP contribution in [-0.4, -0.2) is 0 Å². The first-order valence-corrected chi connectivity index (χ1v) is 5.70. The highest BCUT2D eigenvalue weighted by Crippen LogP contribution is 2.35. The Morgan fingerprint density at radius 1 is 1.31 bits per heavy atom. The molecular formula is C13H20. The summed E-state index contributed by atoms with van der Waals surface area (Å²) in [6.45, 7) is 2.39. The minimum absolute atomic E-state index is 0.984. The van der Waals surface area contributed by atoms with Crippen LogP contribution in [0.3, 0.4) is 0 Å². The van der Waals surface area contributed by atoms with Gasteiger partial charge in [0.1, 0.15) is 0 Å². The Bertz CT molecular complexity index is 222. The molecule has 0 aromatic rings. The molecule has 0 nitrogen and oxygen atoms in total. The third-order valence-corrected chi connectivity index (χ3v) is 3.40. The van der Waals surface area contributed by atoms with Gasteiger partial charge in [-0.15, -0.1) is 0 Å². The highest BCUT2D eigenvalue weighted by atomic mass is 14.3. The zero-order valence-electron chi connectivity index (χ0n) is 8.63. The lowest BCUT2D eigenvalue weighted by Crippen LogP contribution is -1.97. The summed E-state index contributed by atoms with van der Waals surface area (Å²) < 4.78 is 0. The van der Waals surface area contributed by atoms with Crippen molar-refractivity contribution in [1.29, 1.82) is 0 Å². The standard InChI is InChI=1S/C13H20/c1-11-7-8-13(9-11)10-12-5-3-2-4-6-12/h3,5-6,11,13H,2,4,7-10H2,1H3. The van der Waals surface area contributed by atoms with E-state index in [1.165, 1.54) is 38.5 Å². The van der Waals surface area contributed by atoms with E-state index >= 15 is 0 Å². The first-order valence-electron chi connectivity index (χ1n) is 5.70. The molecule has 0 heterocycles. The van der Waals surface area contributed by atoms with Gasteiger partial charge in [0.2, 0.25) is 0 Å². The lowest BCUT2D eigenvalue weighted by atomic mass is 9.94. The maximum atomic E-state index is 2.43. The fraction of sp³-hybridized carbons (Fsp3) is 0.692. The lowest BCUT2D eigenvalue weighted by Gasteiger charge is -2.12. The highest BCUT2D eigenvalue weighted by Gasteiger charge is 2.21. The largest absolute Gasteiger partial charge is 0.0840 e. The van der Waals surface area contributed by atoms with E-state index < -0.39 is 0 Å². The maximum Gasteiger partial charge on any atom is -0.0254 e. The Balaban J connectivity index is 1.84. The molecular weight excluding hydrogens is 156 g/mol. The first kappa shape index (κ1) is 9.05. The van der Waals surface area contributed by atoms with E-state index in [2.05, 4.69) is 25.2 Å². The van der Waals surface area contributed by atoms with Crippen molar-refractivity contribution in [1.82, 2.24) is 0 Å². The van der Waals surface area contributed by atoms with E-state index in [1.54, 1.807) is 5.57 Å². The average molecular weight is 176 g/mol. The van der Waals surface area contributed by atoms with Crippen molar-refractivity contribution < 1.29 is 0 Å². The summed E-state index contributed by atoms with van der Waals surface area (Å²) >= 11 is 0. The van der Waals surface area contributed by atoms with Crippen molar-refractivity contribution >= 4 is 0 Å². The summed E-state index contributed by atoms with van der Waals surface area (Å²) in [7, 11) is 0. The predicted molar refractivity (Wildman–Crippen MR) is 57.6 cm³/mol. The van der Waals surface area contributed by atoms with Crippen molar-refractivity contribution in [3.05, 3.63) is 23.8 Å². The van der Waals surface area contributed by atoms with Gasteiger partial charge in [-0.3, -0.25) is 0 Å². The van der Waals surface area contributed by atoms with Gasteiger partial charge in [-0.2, -0.15) is 0 Å². The van der Waals surface area contributed by atoms with Crippen molar-refractivity contribution in [2.45, 2.75) is 45.4 Å². The fourth-order valence-electron chi connectivity index (χ4n) is 2.66. The van der Waals surface area contributed by atoms with Crippen molar-refractivity contribution in [3.8, 4) is 0 Å². The number of allylic oxidation sites excluding steroid dienone is 4. The molecule has 0 heteroatoms. The quantitative estimate of drug-likeness (QED) is 0.594. The SMILES string of the molecule is CC1CCC(CC2=CCCC=C2)C1. The molecule has 0 saturated heterocycles. The van der Waals surface area contributed by atoms with E-state index in [9.17, 15) is 0 Å². The van der Waals surface area contributed by atoms with Gasteiger partial charge in [-0.25, -0.2) is 0 Å². The Hall–Kier alpha value is -0.520. The second kappa shape index (κ2) is 4.13. The summed E-state index contributed by atoms with van der Waals surface area (Å²) in [4.78, 5) is 0. The van der Waals surface area contributed by atoms with Crippen LogP contribution >= 0.6 is 0 Å². The van der Waals surface area contributed by atoms with Crippen LogP contribution in [0, 0.1) is 11.8 Å². The third kappa shape index (κ3) is 2.46. The van der Waals surface area contributed by atoms with Gasteiger partial charge in [0.15, 0.2) is 0 Å². The van der Waals surface area contributed by atoms with E-state index in [1.807, 2.05) is 0 Å². The third-order valence-electron chi connectivity index (χ3n) is 3.40. The van der Waals surface area contributed by atoms with Crippen molar-refractivity contribution in [2.75, 3.05) is 0 Å². The fourth-order valence-corrected chi connectivity index (χ4v) is 2.66. The molecule has 13 heavy (non-hydrogen) atoms. The zero-order valence-corrected chi connectivity index (χ0v) is 8.63. The molecule has 0 spiro atoms. The molecule has 0 aromatic heterocycles. The molecule has 2 unspecified atom stereocenters. The average Bonchev–Trinajstić information content (AvgIpc) is 2.53. The van der Waals surface area contributed by atoms with E-state index in [0.717, 1.165) is 11.8 Å². The summed E-state index contributed by atoms with van der Waals surface area (Å²) in [5.74, 6) is 1.97. The Kier molecular flexibility index (Phi) is 2.87. The summed E-state index contributed by atoms with van der Waals surface area (Å²) in [5, 5.41) is 0. The van der Waals surface area contributed by atoms with Gasteiger partial charge in [0.05, 0.1) is 0 Å². The molecule has 1 saturated carbocycles. The molecule has 0 radical (unpaired) electrons. The van der Waals surface area contributed by atoms with Crippen LogP contribution < -0.4 is 0 Å². The van der Waals surface area contributed by atoms with Gasteiger partial charge < -0.3 is 0 Å². The van der Waals surface area contributed by atoms with Crippen LogP contribution in [0.25, 0.3) is 0 Å². The van der Waals surface area contributed by atoms with E-state index in [-0.39, 0.29) is 0 Å². The summed E-state index contributed by atoms with van der Waals surface area (Å²) in [6, 6.07) is 0. The first-order chi connectivity index (χ1) is 6.34. The van der Waals surface area contributed by atoms with E-state index in [4.69, 9.17) is 0 Å². The lowest BCUT2D eigenvalue weighted by molar-refractivity contribution is 0.513. The Morgan fingerprint density at radius 2 is 2.23 bits per heavy atom. The topological polar surface area (TPSA) is 0 Å². The van der Waals surface area contributed by atoms with Gasteiger partial charge in [-0.1, -0.05) is 37.1 Å². The highest BCUT2D eigenvalue weighted by molar-refractivity contribution is 5.22. The molecule has 2 aliphatic rings. The van der Waals surface area contributed by atoms with Crippen LogP contribution in [0.1, 0.15) is 45.4 Å². The van der Waals surface area contributed by atoms with Crippen LogP contribution in [0.2, 0.25) is 0 Å². The molecule has 0 aliphatic heterocycles. The number of hydrogen-bond donors (Lipinski definition) is 0. The van der Waals surface area contributed by atoms with E-state index in [0.29, 0.717) is 0 Å². The Morgan fingerprint density at radius 3 is 2.85 bits per heavy atom. The molecule has 2 rings (SSSR count). The maximum absolute atomic E-state index is 2.43. The number of rotatable bonds is 2. The molecule has 0 bridgehead atoms. The summed E-state index contributed by atoms with van der Waals surface area (Å²) in [6.07, 6.45) is 15.4. The van der Waals surface area contributed by atoms with Gasteiger partial charge in [-0.05, 0) is 43.9 Å². The number of hydrogen-bond acceptors (Lipinski definition) is 0. The van der Waals surface area contributed by atoms with Crippen LogP contribution in [-0.2, 0) is 0 Å². The second-order valence-electron chi connectivity index (χ2n) is 4.75. The van der Waals surface area contributed by atoms with Crippen LogP contribution in [0.4, 0.5) is 0 Å². The summed E-state index contributed by atoms with van der Waals surface area (Å²) in [5.41, 5.74) is 1.60. The zero-order chi connectivity index (χ0) is 9.10.